The lowest BCUT2D eigenvalue weighted by molar-refractivity contribution is 0.776. The minimum atomic E-state index is 0.428. The molecule has 0 N–H and O–H groups in total. The van der Waals surface area contributed by atoms with Crippen molar-refractivity contribution < 1.29 is 0 Å². The normalized spacial score (nSPS) is 11.9. The first-order valence-corrected chi connectivity index (χ1v) is 5.43. The van der Waals surface area contributed by atoms with Crippen LogP contribution < -0.4 is 0 Å². The van der Waals surface area contributed by atoms with Gasteiger partial charge in [0.1, 0.15) is 0 Å². The molecule has 0 aliphatic carbocycles. The molecule has 2 heterocycles. The van der Waals surface area contributed by atoms with Gasteiger partial charge in [-0.2, -0.15) is 5.10 Å². The van der Waals surface area contributed by atoms with E-state index >= 15 is 0 Å². The monoisotopic (exact) mass is 203 g/mol. The first kappa shape index (κ1) is 10.1. The van der Waals surface area contributed by atoms with E-state index in [0.29, 0.717) is 11.8 Å². The van der Waals surface area contributed by atoms with Crippen molar-refractivity contribution in [3.05, 3.63) is 29.7 Å². The highest BCUT2D eigenvalue weighted by molar-refractivity contribution is 5.49. The second-order valence-electron chi connectivity index (χ2n) is 4.53. The van der Waals surface area contributed by atoms with E-state index in [1.54, 1.807) is 0 Å². The van der Waals surface area contributed by atoms with E-state index in [2.05, 4.69) is 43.8 Å². The molecule has 0 saturated carbocycles. The van der Waals surface area contributed by atoms with Gasteiger partial charge in [-0.05, 0) is 17.9 Å². The molecule has 2 aromatic heterocycles. The molecule has 0 atom stereocenters. The maximum atomic E-state index is 4.66. The molecule has 3 nitrogen and oxygen atoms in total. The Balaban J connectivity index is 2.61. The van der Waals surface area contributed by atoms with Gasteiger partial charge in [-0.3, -0.25) is 0 Å². The molecule has 0 unspecified atom stereocenters. The number of nitrogens with zero attached hydrogens (tertiary/aromatic N) is 3. The van der Waals surface area contributed by atoms with Crippen LogP contribution in [-0.4, -0.2) is 14.6 Å². The molecule has 0 bridgehead atoms. The van der Waals surface area contributed by atoms with Gasteiger partial charge in [0, 0.05) is 11.8 Å². The number of aromatic nitrogens is 3. The molecule has 0 aliphatic rings. The summed E-state index contributed by atoms with van der Waals surface area (Å²) in [4.78, 5) is 4.66. The van der Waals surface area contributed by atoms with Crippen LogP contribution in [0.5, 0.6) is 0 Å². The summed E-state index contributed by atoms with van der Waals surface area (Å²) in [6.07, 6.45) is 3.82. The summed E-state index contributed by atoms with van der Waals surface area (Å²) in [6.45, 7) is 8.63. The van der Waals surface area contributed by atoms with E-state index < -0.39 is 0 Å². The van der Waals surface area contributed by atoms with Crippen molar-refractivity contribution in [1.29, 1.82) is 0 Å². The Morgan fingerprint density at radius 2 is 1.87 bits per heavy atom. The molecular weight excluding hydrogens is 186 g/mol. The molecular formula is C12H17N3. The van der Waals surface area contributed by atoms with Crippen molar-refractivity contribution >= 4 is 5.65 Å². The Labute approximate surface area is 90.1 Å². The summed E-state index contributed by atoms with van der Waals surface area (Å²) in [5.41, 5.74) is 3.32. The Kier molecular flexibility index (Phi) is 2.47. The van der Waals surface area contributed by atoms with E-state index in [1.165, 1.54) is 5.56 Å². The molecule has 2 aromatic rings. The van der Waals surface area contributed by atoms with Crippen LogP contribution in [0.25, 0.3) is 5.65 Å². The SMILES string of the molecule is CC(C)c1cnn2ccc(C(C)C)c2n1. The maximum absolute atomic E-state index is 4.66. The molecule has 0 aliphatic heterocycles. The lowest BCUT2D eigenvalue weighted by atomic mass is 10.1. The third-order valence-electron chi connectivity index (χ3n) is 2.63. The van der Waals surface area contributed by atoms with Crippen molar-refractivity contribution in [3.8, 4) is 0 Å². The zero-order valence-electron chi connectivity index (χ0n) is 9.73. The predicted octanol–water partition coefficient (Wildman–Crippen LogP) is 2.98. The quantitative estimate of drug-likeness (QED) is 0.751. The molecule has 2 rings (SSSR count). The highest BCUT2D eigenvalue weighted by Crippen LogP contribution is 2.20. The Hall–Kier alpha value is -1.38. The van der Waals surface area contributed by atoms with Crippen LogP contribution in [0.2, 0.25) is 0 Å². The second-order valence-corrected chi connectivity index (χ2v) is 4.53. The second kappa shape index (κ2) is 3.65. The van der Waals surface area contributed by atoms with Crippen LogP contribution >= 0.6 is 0 Å². The largest absolute Gasteiger partial charge is 0.231 e. The molecule has 0 radical (unpaired) electrons. The van der Waals surface area contributed by atoms with E-state index in [-0.39, 0.29) is 0 Å². The summed E-state index contributed by atoms with van der Waals surface area (Å²) < 4.78 is 1.85. The minimum Gasteiger partial charge on any atom is -0.231 e. The first-order chi connectivity index (χ1) is 7.09. The fourth-order valence-corrected chi connectivity index (χ4v) is 1.64. The average molecular weight is 203 g/mol. The Morgan fingerprint density at radius 3 is 2.47 bits per heavy atom. The molecule has 15 heavy (non-hydrogen) atoms. The van der Waals surface area contributed by atoms with Gasteiger partial charge in [0.05, 0.1) is 11.9 Å². The zero-order valence-corrected chi connectivity index (χ0v) is 9.73. The lowest BCUT2D eigenvalue weighted by Crippen LogP contribution is -2.01. The zero-order chi connectivity index (χ0) is 11.0. The summed E-state index contributed by atoms with van der Waals surface area (Å²) >= 11 is 0. The van der Waals surface area contributed by atoms with Crippen LogP contribution in [0.1, 0.15) is 50.8 Å². The van der Waals surface area contributed by atoms with Crippen molar-refractivity contribution in [3.63, 3.8) is 0 Å². The van der Waals surface area contributed by atoms with Gasteiger partial charge in [0.25, 0.3) is 0 Å². The number of hydrogen-bond donors (Lipinski definition) is 0. The van der Waals surface area contributed by atoms with Gasteiger partial charge in [-0.15, -0.1) is 0 Å². The van der Waals surface area contributed by atoms with Crippen molar-refractivity contribution in [2.24, 2.45) is 0 Å². The van der Waals surface area contributed by atoms with Crippen LogP contribution in [0.15, 0.2) is 18.5 Å². The third-order valence-corrected chi connectivity index (χ3v) is 2.63. The minimum absolute atomic E-state index is 0.428. The van der Waals surface area contributed by atoms with Crippen LogP contribution in [0, 0.1) is 0 Å². The lowest BCUT2D eigenvalue weighted by Gasteiger charge is -2.06. The fraction of sp³-hybridized carbons (Fsp3) is 0.500. The molecule has 0 fully saturated rings. The summed E-state index contributed by atoms with van der Waals surface area (Å²) in [7, 11) is 0. The van der Waals surface area contributed by atoms with E-state index in [9.17, 15) is 0 Å². The van der Waals surface area contributed by atoms with Gasteiger partial charge in [-0.25, -0.2) is 9.50 Å². The predicted molar refractivity (Wildman–Crippen MR) is 61.2 cm³/mol. The highest BCUT2D eigenvalue weighted by Gasteiger charge is 2.10. The number of hydrogen-bond acceptors (Lipinski definition) is 2. The van der Waals surface area contributed by atoms with Crippen molar-refractivity contribution in [2.75, 3.05) is 0 Å². The van der Waals surface area contributed by atoms with Crippen LogP contribution in [0.3, 0.4) is 0 Å². The molecule has 0 spiro atoms. The highest BCUT2D eigenvalue weighted by atomic mass is 15.2. The Bertz CT molecular complexity index is 469. The molecule has 80 valence electrons. The Morgan fingerprint density at radius 1 is 1.13 bits per heavy atom. The van der Waals surface area contributed by atoms with Crippen LogP contribution in [-0.2, 0) is 0 Å². The van der Waals surface area contributed by atoms with E-state index in [0.717, 1.165) is 11.3 Å². The standard InChI is InChI=1S/C12H17N3/c1-8(2)10-5-6-15-12(10)14-11(7-13-15)9(3)4/h5-9H,1-4H3. The maximum Gasteiger partial charge on any atom is 0.157 e. The molecule has 0 aromatic carbocycles. The number of rotatable bonds is 2. The molecule has 3 heteroatoms. The van der Waals surface area contributed by atoms with Crippen molar-refractivity contribution in [1.82, 2.24) is 14.6 Å². The van der Waals surface area contributed by atoms with Gasteiger partial charge in [0.15, 0.2) is 5.65 Å². The molecule has 0 amide bonds. The average Bonchev–Trinajstić information content (AvgIpc) is 2.59. The van der Waals surface area contributed by atoms with Gasteiger partial charge in [-0.1, -0.05) is 27.7 Å². The van der Waals surface area contributed by atoms with Crippen molar-refractivity contribution in [2.45, 2.75) is 39.5 Å². The first-order valence-electron chi connectivity index (χ1n) is 5.43. The summed E-state index contributed by atoms with van der Waals surface area (Å²) in [6, 6.07) is 2.10. The van der Waals surface area contributed by atoms with Gasteiger partial charge in [0.2, 0.25) is 0 Å². The fourth-order valence-electron chi connectivity index (χ4n) is 1.64. The summed E-state index contributed by atoms with van der Waals surface area (Å²) in [5, 5.41) is 4.36. The molecule has 0 saturated heterocycles. The van der Waals surface area contributed by atoms with Gasteiger partial charge < -0.3 is 0 Å². The summed E-state index contributed by atoms with van der Waals surface area (Å²) in [5.74, 6) is 0.920. The van der Waals surface area contributed by atoms with E-state index in [4.69, 9.17) is 0 Å². The van der Waals surface area contributed by atoms with E-state index in [1.807, 2.05) is 16.9 Å². The third kappa shape index (κ3) is 1.74. The van der Waals surface area contributed by atoms with Gasteiger partial charge >= 0.3 is 0 Å². The topological polar surface area (TPSA) is 30.2 Å². The smallest absolute Gasteiger partial charge is 0.157 e. The number of fused-ring (bicyclic) bond motifs is 1. The van der Waals surface area contributed by atoms with Crippen LogP contribution in [0.4, 0.5) is 0 Å².